The Morgan fingerprint density at radius 3 is 2.91 bits per heavy atom. The minimum absolute atomic E-state index is 0.634. The van der Waals surface area contributed by atoms with Crippen LogP contribution in [0.15, 0.2) is 35.5 Å². The second-order valence-electron chi connectivity index (χ2n) is 3.13. The van der Waals surface area contributed by atoms with Crippen molar-refractivity contribution in [2.24, 2.45) is 5.92 Å². The van der Waals surface area contributed by atoms with Gasteiger partial charge in [0.05, 0.1) is 0 Å². The van der Waals surface area contributed by atoms with Crippen LogP contribution in [0.5, 0.6) is 0 Å². The molecule has 1 atom stereocenters. The molecule has 1 unspecified atom stereocenters. The Morgan fingerprint density at radius 2 is 2.27 bits per heavy atom. The SMILES string of the molecule is CC=CC1=C(C)C(C)C=CC1. The second-order valence-corrected chi connectivity index (χ2v) is 3.13. The van der Waals surface area contributed by atoms with E-state index in [-0.39, 0.29) is 0 Å². The van der Waals surface area contributed by atoms with Crippen LogP contribution >= 0.6 is 0 Å². The Hall–Kier alpha value is -0.780. The Labute approximate surface area is 69.3 Å². The maximum Gasteiger partial charge on any atom is -0.00484 e. The summed E-state index contributed by atoms with van der Waals surface area (Å²) in [4.78, 5) is 0. The first kappa shape index (κ1) is 8.32. The lowest BCUT2D eigenvalue weighted by molar-refractivity contribution is 0.820. The molecule has 0 fully saturated rings. The number of rotatable bonds is 1. The van der Waals surface area contributed by atoms with Crippen molar-refractivity contribution >= 4 is 0 Å². The standard InChI is InChI=1S/C11H16/c1-4-6-11-8-5-7-9(2)10(11)3/h4-7,9H,8H2,1-3H3. The minimum Gasteiger partial charge on any atom is -0.0874 e. The first-order chi connectivity index (χ1) is 5.25. The molecule has 1 aliphatic rings. The van der Waals surface area contributed by atoms with E-state index in [2.05, 4.69) is 45.1 Å². The minimum atomic E-state index is 0.634. The first-order valence-corrected chi connectivity index (χ1v) is 4.24. The molecule has 0 aliphatic heterocycles. The predicted octanol–water partition coefficient (Wildman–Crippen LogP) is 3.48. The third-order valence-electron chi connectivity index (χ3n) is 2.32. The zero-order chi connectivity index (χ0) is 8.27. The molecule has 0 nitrogen and oxygen atoms in total. The van der Waals surface area contributed by atoms with Crippen molar-refractivity contribution in [2.45, 2.75) is 27.2 Å². The molecule has 11 heavy (non-hydrogen) atoms. The van der Waals surface area contributed by atoms with E-state index in [4.69, 9.17) is 0 Å². The quantitative estimate of drug-likeness (QED) is 0.499. The normalized spacial score (nSPS) is 25.2. The van der Waals surface area contributed by atoms with Crippen LogP contribution in [-0.4, -0.2) is 0 Å². The van der Waals surface area contributed by atoms with Gasteiger partial charge in [-0.3, -0.25) is 0 Å². The van der Waals surface area contributed by atoms with Crippen LogP contribution < -0.4 is 0 Å². The van der Waals surface area contributed by atoms with Crippen molar-refractivity contribution in [3.63, 3.8) is 0 Å². The monoisotopic (exact) mass is 148 g/mol. The van der Waals surface area contributed by atoms with Crippen LogP contribution in [0.2, 0.25) is 0 Å². The van der Waals surface area contributed by atoms with Crippen molar-refractivity contribution in [2.75, 3.05) is 0 Å². The molecule has 0 heterocycles. The molecule has 1 aliphatic carbocycles. The van der Waals surface area contributed by atoms with Gasteiger partial charge in [-0.25, -0.2) is 0 Å². The fourth-order valence-corrected chi connectivity index (χ4v) is 1.40. The van der Waals surface area contributed by atoms with Gasteiger partial charge in [0, 0.05) is 0 Å². The summed E-state index contributed by atoms with van der Waals surface area (Å²) in [6.45, 7) is 6.54. The summed E-state index contributed by atoms with van der Waals surface area (Å²) in [5.41, 5.74) is 3.01. The molecule has 1 rings (SSSR count). The molecule has 0 aromatic heterocycles. The highest BCUT2D eigenvalue weighted by atomic mass is 14.1. The molecule has 0 aromatic rings. The van der Waals surface area contributed by atoms with E-state index in [0.717, 1.165) is 6.42 Å². The molecule has 0 saturated carbocycles. The van der Waals surface area contributed by atoms with Gasteiger partial charge in [0.2, 0.25) is 0 Å². The summed E-state index contributed by atoms with van der Waals surface area (Å²) < 4.78 is 0. The summed E-state index contributed by atoms with van der Waals surface area (Å²) in [7, 11) is 0. The lowest BCUT2D eigenvalue weighted by Gasteiger charge is -2.16. The average Bonchev–Trinajstić information content (AvgIpc) is 1.99. The maximum atomic E-state index is 2.28. The molecule has 0 aromatic carbocycles. The molecular weight excluding hydrogens is 132 g/mol. The van der Waals surface area contributed by atoms with Crippen molar-refractivity contribution < 1.29 is 0 Å². The van der Waals surface area contributed by atoms with E-state index in [0.29, 0.717) is 5.92 Å². The number of hydrogen-bond donors (Lipinski definition) is 0. The van der Waals surface area contributed by atoms with Gasteiger partial charge < -0.3 is 0 Å². The summed E-state index contributed by atoms with van der Waals surface area (Å²) in [5.74, 6) is 0.634. The highest BCUT2D eigenvalue weighted by Crippen LogP contribution is 2.24. The van der Waals surface area contributed by atoms with Gasteiger partial charge in [-0.2, -0.15) is 0 Å². The zero-order valence-corrected chi connectivity index (χ0v) is 7.59. The van der Waals surface area contributed by atoms with Crippen molar-refractivity contribution in [1.82, 2.24) is 0 Å². The van der Waals surface area contributed by atoms with Gasteiger partial charge in [-0.15, -0.1) is 0 Å². The van der Waals surface area contributed by atoms with Crippen LogP contribution in [0.1, 0.15) is 27.2 Å². The van der Waals surface area contributed by atoms with E-state index in [1.165, 1.54) is 11.1 Å². The lowest BCUT2D eigenvalue weighted by Crippen LogP contribution is -1.99. The summed E-state index contributed by atoms with van der Waals surface area (Å²) in [6, 6.07) is 0. The third kappa shape index (κ3) is 1.83. The largest absolute Gasteiger partial charge is 0.0874 e. The van der Waals surface area contributed by atoms with E-state index >= 15 is 0 Å². The van der Waals surface area contributed by atoms with Gasteiger partial charge in [0.25, 0.3) is 0 Å². The molecule has 0 N–H and O–H groups in total. The van der Waals surface area contributed by atoms with Gasteiger partial charge in [0.1, 0.15) is 0 Å². The van der Waals surface area contributed by atoms with Crippen LogP contribution in [-0.2, 0) is 0 Å². The Kier molecular flexibility index (Phi) is 2.70. The zero-order valence-electron chi connectivity index (χ0n) is 7.59. The molecular formula is C11H16. The van der Waals surface area contributed by atoms with Crippen molar-refractivity contribution in [3.05, 3.63) is 35.5 Å². The summed E-state index contributed by atoms with van der Waals surface area (Å²) in [5, 5.41) is 0. The first-order valence-electron chi connectivity index (χ1n) is 4.24. The number of hydrogen-bond acceptors (Lipinski definition) is 0. The van der Waals surface area contributed by atoms with E-state index in [1.54, 1.807) is 0 Å². The van der Waals surface area contributed by atoms with Gasteiger partial charge in [0.15, 0.2) is 0 Å². The summed E-state index contributed by atoms with van der Waals surface area (Å²) in [6.07, 6.45) is 9.98. The molecule has 0 radical (unpaired) electrons. The Bertz CT molecular complexity index is 216. The fraction of sp³-hybridized carbons (Fsp3) is 0.455. The molecule has 0 amide bonds. The molecule has 0 bridgehead atoms. The highest BCUT2D eigenvalue weighted by Gasteiger charge is 2.07. The van der Waals surface area contributed by atoms with Crippen LogP contribution in [0.3, 0.4) is 0 Å². The van der Waals surface area contributed by atoms with Gasteiger partial charge >= 0.3 is 0 Å². The molecule has 0 heteroatoms. The van der Waals surface area contributed by atoms with Crippen LogP contribution in [0.25, 0.3) is 0 Å². The van der Waals surface area contributed by atoms with E-state index < -0.39 is 0 Å². The van der Waals surface area contributed by atoms with Crippen molar-refractivity contribution in [1.29, 1.82) is 0 Å². The van der Waals surface area contributed by atoms with Crippen LogP contribution in [0.4, 0.5) is 0 Å². The molecule has 60 valence electrons. The Morgan fingerprint density at radius 1 is 1.55 bits per heavy atom. The van der Waals surface area contributed by atoms with E-state index in [9.17, 15) is 0 Å². The van der Waals surface area contributed by atoms with Gasteiger partial charge in [-0.05, 0) is 31.8 Å². The maximum absolute atomic E-state index is 2.28. The topological polar surface area (TPSA) is 0 Å². The molecule has 0 saturated heterocycles. The second kappa shape index (κ2) is 3.56. The smallest absolute Gasteiger partial charge is 0.00484 e. The lowest BCUT2D eigenvalue weighted by atomic mass is 9.90. The van der Waals surface area contributed by atoms with E-state index in [1.807, 2.05) is 0 Å². The highest BCUT2D eigenvalue weighted by molar-refractivity contribution is 5.33. The Balaban J connectivity index is 2.83. The predicted molar refractivity (Wildman–Crippen MR) is 50.4 cm³/mol. The summed E-state index contributed by atoms with van der Waals surface area (Å²) >= 11 is 0. The number of allylic oxidation sites excluding steroid dienone is 6. The average molecular weight is 148 g/mol. The van der Waals surface area contributed by atoms with Crippen molar-refractivity contribution in [3.8, 4) is 0 Å². The fourth-order valence-electron chi connectivity index (χ4n) is 1.40. The molecule has 0 spiro atoms. The van der Waals surface area contributed by atoms with Gasteiger partial charge in [-0.1, -0.05) is 36.8 Å². The third-order valence-corrected chi connectivity index (χ3v) is 2.32. The van der Waals surface area contributed by atoms with Crippen LogP contribution in [0, 0.1) is 5.92 Å².